The van der Waals surface area contributed by atoms with Gasteiger partial charge in [0.15, 0.2) is 0 Å². The molecule has 3 heteroatoms. The molecule has 1 saturated carbocycles. The lowest BCUT2D eigenvalue weighted by atomic mass is 10.0. The minimum absolute atomic E-state index is 0.423. The minimum atomic E-state index is -0.834. The van der Waals surface area contributed by atoms with Crippen molar-refractivity contribution in [3.8, 4) is 0 Å². The first-order valence-electron chi connectivity index (χ1n) is 7.16. The molecule has 0 amide bonds. The number of benzene rings is 1. The first kappa shape index (κ1) is 13.9. The fraction of sp³-hybridized carbons (Fsp3) is 0.562. The molecule has 0 atom stereocenters. The quantitative estimate of drug-likeness (QED) is 0.840. The molecule has 0 saturated heterocycles. The van der Waals surface area contributed by atoms with E-state index in [2.05, 4.69) is 4.90 Å². The number of carbonyl (C=O) groups is 1. The SMILES string of the molecule is Cc1ccc(N(C)C2CCCCCC2)c(C(=O)O)c1. The Hall–Kier alpha value is -1.51. The molecule has 0 aromatic heterocycles. The summed E-state index contributed by atoms with van der Waals surface area (Å²) in [5, 5.41) is 9.37. The van der Waals surface area contributed by atoms with Crippen LogP contribution in [0, 0.1) is 6.92 Å². The molecule has 0 bridgehead atoms. The maximum Gasteiger partial charge on any atom is 0.337 e. The Morgan fingerprint density at radius 2 is 1.84 bits per heavy atom. The second kappa shape index (κ2) is 6.09. The summed E-state index contributed by atoms with van der Waals surface area (Å²) in [6.07, 6.45) is 7.47. The van der Waals surface area contributed by atoms with Crippen molar-refractivity contribution in [2.45, 2.75) is 51.5 Å². The normalized spacial score (nSPS) is 16.9. The van der Waals surface area contributed by atoms with Crippen LogP contribution in [-0.4, -0.2) is 24.2 Å². The highest BCUT2D eigenvalue weighted by Crippen LogP contribution is 2.28. The molecule has 0 radical (unpaired) electrons. The predicted molar refractivity (Wildman–Crippen MR) is 78.0 cm³/mol. The van der Waals surface area contributed by atoms with Gasteiger partial charge in [-0.3, -0.25) is 0 Å². The molecule has 1 aliphatic carbocycles. The molecule has 1 N–H and O–H groups in total. The van der Waals surface area contributed by atoms with Gasteiger partial charge in [0.1, 0.15) is 0 Å². The molecule has 1 aromatic rings. The van der Waals surface area contributed by atoms with Crippen molar-refractivity contribution in [1.29, 1.82) is 0 Å². The van der Waals surface area contributed by atoms with Crippen LogP contribution in [-0.2, 0) is 0 Å². The average Bonchev–Trinajstić information content (AvgIpc) is 2.66. The van der Waals surface area contributed by atoms with E-state index in [1.165, 1.54) is 38.5 Å². The zero-order chi connectivity index (χ0) is 13.8. The van der Waals surface area contributed by atoms with Gasteiger partial charge in [-0.25, -0.2) is 4.79 Å². The maximum atomic E-state index is 11.4. The van der Waals surface area contributed by atoms with E-state index in [1.807, 2.05) is 26.1 Å². The third-order valence-corrected chi connectivity index (χ3v) is 4.13. The fourth-order valence-electron chi connectivity index (χ4n) is 2.97. The Balaban J connectivity index is 2.26. The van der Waals surface area contributed by atoms with Crippen LogP contribution in [0.25, 0.3) is 0 Å². The van der Waals surface area contributed by atoms with E-state index in [4.69, 9.17) is 0 Å². The zero-order valence-electron chi connectivity index (χ0n) is 11.9. The number of hydrogen-bond donors (Lipinski definition) is 1. The highest BCUT2D eigenvalue weighted by atomic mass is 16.4. The Kier molecular flexibility index (Phi) is 4.46. The van der Waals surface area contributed by atoms with Crippen molar-refractivity contribution in [1.82, 2.24) is 0 Å². The molecule has 1 fully saturated rings. The molecule has 104 valence electrons. The fourth-order valence-corrected chi connectivity index (χ4v) is 2.97. The lowest BCUT2D eigenvalue weighted by Gasteiger charge is -2.30. The molecule has 0 aliphatic heterocycles. The van der Waals surface area contributed by atoms with Gasteiger partial charge in [-0.2, -0.15) is 0 Å². The van der Waals surface area contributed by atoms with Crippen molar-refractivity contribution in [3.05, 3.63) is 29.3 Å². The molecule has 1 aromatic carbocycles. The van der Waals surface area contributed by atoms with Crippen molar-refractivity contribution < 1.29 is 9.90 Å². The molecule has 0 heterocycles. The van der Waals surface area contributed by atoms with E-state index in [0.717, 1.165) is 11.3 Å². The van der Waals surface area contributed by atoms with E-state index in [1.54, 1.807) is 6.07 Å². The van der Waals surface area contributed by atoms with E-state index < -0.39 is 5.97 Å². The Morgan fingerprint density at radius 3 is 2.42 bits per heavy atom. The summed E-state index contributed by atoms with van der Waals surface area (Å²) in [7, 11) is 2.03. The van der Waals surface area contributed by atoms with Crippen LogP contribution in [0.4, 0.5) is 5.69 Å². The van der Waals surface area contributed by atoms with E-state index >= 15 is 0 Å². The van der Waals surface area contributed by atoms with Crippen LogP contribution in [0.5, 0.6) is 0 Å². The van der Waals surface area contributed by atoms with Crippen LogP contribution < -0.4 is 4.90 Å². The monoisotopic (exact) mass is 261 g/mol. The molecule has 0 unspecified atom stereocenters. The van der Waals surface area contributed by atoms with Crippen LogP contribution in [0.2, 0.25) is 0 Å². The van der Waals surface area contributed by atoms with E-state index in [-0.39, 0.29) is 0 Å². The second-order valence-corrected chi connectivity index (χ2v) is 5.58. The summed E-state index contributed by atoms with van der Waals surface area (Å²) >= 11 is 0. The van der Waals surface area contributed by atoms with Crippen molar-refractivity contribution >= 4 is 11.7 Å². The lowest BCUT2D eigenvalue weighted by molar-refractivity contribution is 0.0697. The summed E-state index contributed by atoms with van der Waals surface area (Å²) in [4.78, 5) is 13.6. The van der Waals surface area contributed by atoms with Crippen LogP contribution in [0.15, 0.2) is 18.2 Å². The molecule has 3 nitrogen and oxygen atoms in total. The highest BCUT2D eigenvalue weighted by molar-refractivity contribution is 5.94. The molecule has 19 heavy (non-hydrogen) atoms. The molecular formula is C16H23NO2. The van der Waals surface area contributed by atoms with Gasteiger partial charge in [-0.05, 0) is 31.9 Å². The number of hydrogen-bond acceptors (Lipinski definition) is 2. The summed E-state index contributed by atoms with van der Waals surface area (Å²) in [6, 6.07) is 6.19. The Morgan fingerprint density at radius 1 is 1.21 bits per heavy atom. The second-order valence-electron chi connectivity index (χ2n) is 5.58. The van der Waals surface area contributed by atoms with Gasteiger partial charge >= 0.3 is 5.97 Å². The van der Waals surface area contributed by atoms with Crippen LogP contribution in [0.1, 0.15) is 54.4 Å². The number of rotatable bonds is 3. The smallest absolute Gasteiger partial charge is 0.337 e. The predicted octanol–water partition coefficient (Wildman–Crippen LogP) is 3.85. The lowest BCUT2D eigenvalue weighted by Crippen LogP contribution is -2.32. The van der Waals surface area contributed by atoms with Gasteiger partial charge in [0.2, 0.25) is 0 Å². The van der Waals surface area contributed by atoms with Crippen molar-refractivity contribution in [2.24, 2.45) is 0 Å². The Bertz CT molecular complexity index is 448. The third-order valence-electron chi connectivity index (χ3n) is 4.13. The largest absolute Gasteiger partial charge is 0.478 e. The van der Waals surface area contributed by atoms with Gasteiger partial charge in [0, 0.05) is 13.1 Å². The molecule has 0 spiro atoms. The number of nitrogens with zero attached hydrogens (tertiary/aromatic N) is 1. The standard InChI is InChI=1S/C16H23NO2/c1-12-9-10-15(14(11-12)16(18)19)17(2)13-7-5-3-4-6-8-13/h9-11,13H,3-8H2,1-2H3,(H,18,19). The number of carboxylic acids is 1. The number of anilines is 1. The maximum absolute atomic E-state index is 11.4. The van der Waals surface area contributed by atoms with Gasteiger partial charge in [-0.1, -0.05) is 37.3 Å². The van der Waals surface area contributed by atoms with Gasteiger partial charge in [0.05, 0.1) is 11.3 Å². The van der Waals surface area contributed by atoms with Crippen molar-refractivity contribution in [3.63, 3.8) is 0 Å². The van der Waals surface area contributed by atoms with Gasteiger partial charge in [-0.15, -0.1) is 0 Å². The number of carboxylic acid groups (broad SMARTS) is 1. The van der Waals surface area contributed by atoms with E-state index in [9.17, 15) is 9.90 Å². The molecule has 1 aliphatic rings. The van der Waals surface area contributed by atoms with Gasteiger partial charge in [0.25, 0.3) is 0 Å². The highest BCUT2D eigenvalue weighted by Gasteiger charge is 2.21. The van der Waals surface area contributed by atoms with Crippen LogP contribution >= 0.6 is 0 Å². The van der Waals surface area contributed by atoms with Gasteiger partial charge < -0.3 is 10.0 Å². The summed E-state index contributed by atoms with van der Waals surface area (Å²) in [6.45, 7) is 1.93. The first-order valence-corrected chi connectivity index (χ1v) is 7.16. The average molecular weight is 261 g/mol. The minimum Gasteiger partial charge on any atom is -0.478 e. The summed E-state index contributed by atoms with van der Waals surface area (Å²) < 4.78 is 0. The number of aromatic carboxylic acids is 1. The van der Waals surface area contributed by atoms with Crippen LogP contribution in [0.3, 0.4) is 0 Å². The summed E-state index contributed by atoms with van der Waals surface area (Å²) in [5.74, 6) is -0.834. The molecule has 2 rings (SSSR count). The number of aryl methyl sites for hydroxylation is 1. The first-order chi connectivity index (χ1) is 9.09. The van der Waals surface area contributed by atoms with Crippen molar-refractivity contribution in [2.75, 3.05) is 11.9 Å². The van der Waals surface area contributed by atoms with E-state index in [0.29, 0.717) is 11.6 Å². The topological polar surface area (TPSA) is 40.5 Å². The zero-order valence-corrected chi connectivity index (χ0v) is 11.9. The molecular weight excluding hydrogens is 238 g/mol. The Labute approximate surface area is 115 Å². The summed E-state index contributed by atoms with van der Waals surface area (Å²) in [5.41, 5.74) is 2.27. The third kappa shape index (κ3) is 3.28.